The number of benzene rings is 2. The van der Waals surface area contributed by atoms with Gasteiger partial charge in [-0.1, -0.05) is 32.0 Å². The third-order valence-electron chi connectivity index (χ3n) is 4.50. The first-order chi connectivity index (χ1) is 13.0. The van der Waals surface area contributed by atoms with Crippen LogP contribution in [0.3, 0.4) is 0 Å². The van der Waals surface area contributed by atoms with Gasteiger partial charge >= 0.3 is 0 Å². The lowest BCUT2D eigenvalue weighted by Crippen LogP contribution is -2.33. The van der Waals surface area contributed by atoms with Crippen molar-refractivity contribution in [1.29, 1.82) is 0 Å². The topological polar surface area (TPSA) is 76.2 Å². The highest BCUT2D eigenvalue weighted by Gasteiger charge is 2.22. The predicted molar refractivity (Wildman–Crippen MR) is 105 cm³/mol. The summed E-state index contributed by atoms with van der Waals surface area (Å²) >= 11 is 0. The van der Waals surface area contributed by atoms with Gasteiger partial charge in [0.1, 0.15) is 5.82 Å². The first kappa shape index (κ1) is 18.8. The minimum Gasteiger partial charge on any atom is -0.493 e. The Morgan fingerprint density at radius 2 is 1.85 bits per heavy atom. The fourth-order valence-electron chi connectivity index (χ4n) is 3.07. The average molecular weight is 367 g/mol. The van der Waals surface area contributed by atoms with Crippen LogP contribution >= 0.6 is 0 Å². The number of methoxy groups -OCH3 is 2. The number of H-pyrrole nitrogens is 1. The van der Waals surface area contributed by atoms with E-state index in [0.717, 1.165) is 22.4 Å². The summed E-state index contributed by atoms with van der Waals surface area (Å²) in [7, 11) is 3.17. The Hall–Kier alpha value is -3.02. The fourth-order valence-corrected chi connectivity index (χ4v) is 3.07. The molecule has 0 aliphatic rings. The lowest BCUT2D eigenvalue weighted by atomic mass is 10.0. The van der Waals surface area contributed by atoms with Crippen molar-refractivity contribution in [3.05, 3.63) is 53.9 Å². The molecule has 142 valence electrons. The van der Waals surface area contributed by atoms with Crippen LogP contribution in [0.4, 0.5) is 0 Å². The molecule has 1 amide bonds. The number of nitrogens with one attached hydrogen (secondary N) is 2. The van der Waals surface area contributed by atoms with Gasteiger partial charge in [-0.15, -0.1) is 0 Å². The molecule has 3 aromatic rings. The number of nitrogens with zero attached hydrogens (tertiary/aromatic N) is 1. The minimum atomic E-state index is -0.190. The zero-order chi connectivity index (χ0) is 19.4. The molecular weight excluding hydrogens is 342 g/mol. The van der Waals surface area contributed by atoms with Crippen LogP contribution in [0.5, 0.6) is 11.5 Å². The van der Waals surface area contributed by atoms with Crippen LogP contribution in [-0.2, 0) is 11.2 Å². The Morgan fingerprint density at radius 1 is 1.11 bits per heavy atom. The van der Waals surface area contributed by atoms with E-state index >= 15 is 0 Å². The van der Waals surface area contributed by atoms with Crippen molar-refractivity contribution in [2.75, 3.05) is 14.2 Å². The number of hydrogen-bond donors (Lipinski definition) is 2. The molecule has 0 aliphatic carbocycles. The molecule has 0 bridgehead atoms. The average Bonchev–Trinajstić information content (AvgIpc) is 3.09. The molecule has 1 unspecified atom stereocenters. The van der Waals surface area contributed by atoms with E-state index in [2.05, 4.69) is 29.1 Å². The number of ether oxygens (including phenoxy) is 2. The van der Waals surface area contributed by atoms with Gasteiger partial charge in [0.05, 0.1) is 37.7 Å². The third-order valence-corrected chi connectivity index (χ3v) is 4.50. The molecule has 0 fully saturated rings. The number of carbonyl (C=O) groups excluding carboxylic acids is 1. The summed E-state index contributed by atoms with van der Waals surface area (Å²) in [5.41, 5.74) is 2.72. The number of hydrogen-bond acceptors (Lipinski definition) is 4. The number of aromatic nitrogens is 2. The van der Waals surface area contributed by atoms with Gasteiger partial charge in [0.25, 0.3) is 0 Å². The highest BCUT2D eigenvalue weighted by atomic mass is 16.5. The van der Waals surface area contributed by atoms with Crippen molar-refractivity contribution in [3.8, 4) is 11.5 Å². The zero-order valence-electron chi connectivity index (χ0n) is 16.1. The molecule has 0 saturated heterocycles. The van der Waals surface area contributed by atoms with E-state index in [1.807, 2.05) is 36.4 Å². The maximum absolute atomic E-state index is 12.6. The van der Waals surface area contributed by atoms with Crippen LogP contribution in [0.25, 0.3) is 11.0 Å². The highest BCUT2D eigenvalue weighted by Crippen LogP contribution is 2.28. The summed E-state index contributed by atoms with van der Waals surface area (Å²) in [5, 5.41) is 3.10. The molecule has 3 rings (SSSR count). The summed E-state index contributed by atoms with van der Waals surface area (Å²) in [5.74, 6) is 2.15. The number of fused-ring (bicyclic) bond motifs is 1. The molecule has 1 atom stereocenters. The van der Waals surface area contributed by atoms with Crippen molar-refractivity contribution in [2.45, 2.75) is 26.3 Å². The highest BCUT2D eigenvalue weighted by molar-refractivity contribution is 5.80. The monoisotopic (exact) mass is 367 g/mol. The van der Waals surface area contributed by atoms with Gasteiger partial charge in [0, 0.05) is 0 Å². The van der Waals surface area contributed by atoms with Crippen LogP contribution in [0.1, 0.15) is 31.3 Å². The van der Waals surface area contributed by atoms with Gasteiger partial charge in [-0.05, 0) is 35.7 Å². The van der Waals surface area contributed by atoms with Gasteiger partial charge in [-0.3, -0.25) is 4.79 Å². The molecular formula is C21H25N3O3. The molecule has 6 nitrogen and oxygen atoms in total. The normalized spacial score (nSPS) is 12.2. The van der Waals surface area contributed by atoms with Gasteiger partial charge in [0.15, 0.2) is 11.5 Å². The Kier molecular flexibility index (Phi) is 5.64. The second kappa shape index (κ2) is 8.12. The van der Waals surface area contributed by atoms with Crippen LogP contribution in [-0.4, -0.2) is 30.1 Å². The summed E-state index contributed by atoms with van der Waals surface area (Å²) in [6.07, 6.45) is 0.254. The van der Waals surface area contributed by atoms with Crippen LogP contribution < -0.4 is 14.8 Å². The number of carbonyl (C=O) groups is 1. The molecule has 27 heavy (non-hydrogen) atoms. The van der Waals surface area contributed by atoms with E-state index in [0.29, 0.717) is 11.5 Å². The first-order valence-electron chi connectivity index (χ1n) is 8.96. The van der Waals surface area contributed by atoms with Crippen LogP contribution in [0, 0.1) is 5.92 Å². The Morgan fingerprint density at radius 3 is 2.52 bits per heavy atom. The molecule has 6 heteroatoms. The molecule has 0 spiro atoms. The van der Waals surface area contributed by atoms with Crippen molar-refractivity contribution in [1.82, 2.24) is 15.3 Å². The van der Waals surface area contributed by atoms with Gasteiger partial charge < -0.3 is 19.8 Å². The smallest absolute Gasteiger partial charge is 0.225 e. The number of imidazole rings is 1. The molecule has 2 N–H and O–H groups in total. The SMILES string of the molecule is COc1ccc(CC(=O)NC(c2nc3ccccc3[nH]2)C(C)C)cc1OC. The van der Waals surface area contributed by atoms with Gasteiger partial charge in [-0.25, -0.2) is 4.98 Å². The molecule has 1 heterocycles. The lowest BCUT2D eigenvalue weighted by molar-refractivity contribution is -0.121. The van der Waals surface area contributed by atoms with E-state index in [-0.39, 0.29) is 24.3 Å². The number of rotatable bonds is 7. The third kappa shape index (κ3) is 4.22. The van der Waals surface area contributed by atoms with Crippen molar-refractivity contribution in [3.63, 3.8) is 0 Å². The molecule has 0 saturated carbocycles. The lowest BCUT2D eigenvalue weighted by Gasteiger charge is -2.20. The van der Waals surface area contributed by atoms with E-state index in [9.17, 15) is 4.79 Å². The van der Waals surface area contributed by atoms with Crippen LogP contribution in [0.2, 0.25) is 0 Å². The molecule has 1 aromatic heterocycles. The molecule has 2 aromatic carbocycles. The summed E-state index contributed by atoms with van der Waals surface area (Å²) in [6, 6.07) is 13.2. The second-order valence-corrected chi connectivity index (χ2v) is 6.79. The van der Waals surface area contributed by atoms with E-state index < -0.39 is 0 Å². The minimum absolute atomic E-state index is 0.0682. The standard InChI is InChI=1S/C21H25N3O3/c1-13(2)20(21-22-15-7-5-6-8-16(15)23-21)24-19(25)12-14-9-10-17(26-3)18(11-14)27-4/h5-11,13,20H,12H2,1-4H3,(H,22,23)(H,24,25). The Balaban J connectivity index is 1.76. The van der Waals surface area contributed by atoms with E-state index in [1.54, 1.807) is 20.3 Å². The van der Waals surface area contributed by atoms with E-state index in [1.165, 1.54) is 0 Å². The van der Waals surface area contributed by atoms with Gasteiger partial charge in [0.2, 0.25) is 5.91 Å². The zero-order valence-corrected chi connectivity index (χ0v) is 16.1. The quantitative estimate of drug-likeness (QED) is 0.668. The van der Waals surface area contributed by atoms with Gasteiger partial charge in [-0.2, -0.15) is 0 Å². The predicted octanol–water partition coefficient (Wildman–Crippen LogP) is 3.64. The van der Waals surface area contributed by atoms with Crippen molar-refractivity contribution >= 4 is 16.9 Å². The first-order valence-corrected chi connectivity index (χ1v) is 8.96. The Labute approximate surface area is 158 Å². The number of para-hydroxylation sites is 2. The maximum Gasteiger partial charge on any atom is 0.225 e. The van der Waals surface area contributed by atoms with Crippen molar-refractivity contribution in [2.24, 2.45) is 5.92 Å². The summed E-state index contributed by atoms with van der Waals surface area (Å²) < 4.78 is 10.5. The van der Waals surface area contributed by atoms with Crippen molar-refractivity contribution < 1.29 is 14.3 Å². The summed E-state index contributed by atoms with van der Waals surface area (Å²) in [4.78, 5) is 20.6. The molecule has 0 aliphatic heterocycles. The molecule has 0 radical (unpaired) electrons. The summed E-state index contributed by atoms with van der Waals surface area (Å²) in [6.45, 7) is 4.13. The number of amides is 1. The fraction of sp³-hybridized carbons (Fsp3) is 0.333. The Bertz CT molecular complexity index is 900. The number of aromatic amines is 1. The van der Waals surface area contributed by atoms with E-state index in [4.69, 9.17) is 9.47 Å². The van der Waals surface area contributed by atoms with Crippen LogP contribution in [0.15, 0.2) is 42.5 Å². The second-order valence-electron chi connectivity index (χ2n) is 6.79. The largest absolute Gasteiger partial charge is 0.493 e. The maximum atomic E-state index is 12.6.